The first kappa shape index (κ1) is 14.3. The van der Waals surface area contributed by atoms with Gasteiger partial charge in [0, 0.05) is 57.3 Å². The molecule has 0 N–H and O–H groups in total. The van der Waals surface area contributed by atoms with E-state index in [0.717, 1.165) is 38.0 Å². The Hall–Kier alpha value is -1.61. The van der Waals surface area contributed by atoms with Crippen LogP contribution in [-0.2, 0) is 11.3 Å². The molecule has 1 aromatic rings. The van der Waals surface area contributed by atoms with Gasteiger partial charge in [0.1, 0.15) is 0 Å². The molecule has 2 atom stereocenters. The predicted molar refractivity (Wildman–Crippen MR) is 84.7 cm³/mol. The van der Waals surface area contributed by atoms with E-state index in [0.29, 0.717) is 11.7 Å². The van der Waals surface area contributed by atoms with Crippen LogP contribution in [0.3, 0.4) is 0 Å². The highest BCUT2D eigenvalue weighted by Gasteiger charge is 2.38. The number of hydrogen-bond donors (Lipinski definition) is 0. The van der Waals surface area contributed by atoms with Crippen LogP contribution in [0, 0.1) is 11.8 Å². The van der Waals surface area contributed by atoms with Crippen LogP contribution in [0.25, 0.3) is 0 Å². The predicted octanol–water partition coefficient (Wildman–Crippen LogP) is 2.54. The van der Waals surface area contributed by atoms with Crippen LogP contribution in [0.15, 0.2) is 42.1 Å². The largest absolute Gasteiger partial charge is 0.383 e. The van der Waals surface area contributed by atoms with Gasteiger partial charge in [0.05, 0.1) is 0 Å². The number of nitrogens with zero attached hydrogens (tertiary/aromatic N) is 2. The molecule has 2 bridgehead atoms. The zero-order valence-corrected chi connectivity index (χ0v) is 13.0. The Bertz CT molecular complexity index is 535. The SMILES string of the molecule is CN(C)C=C1C(=O)C2CCC1CN(Cc1ccccc1)C2. The summed E-state index contributed by atoms with van der Waals surface area (Å²) < 4.78 is 0. The summed E-state index contributed by atoms with van der Waals surface area (Å²) in [6.07, 6.45) is 4.26. The maximum absolute atomic E-state index is 12.6. The van der Waals surface area contributed by atoms with Crippen LogP contribution >= 0.6 is 0 Å². The van der Waals surface area contributed by atoms with Crippen LogP contribution in [0.1, 0.15) is 18.4 Å². The standard InChI is InChI=1S/C18H24N2O/c1-19(2)13-17-15-8-9-16(18(17)21)12-20(11-15)10-14-6-4-3-5-7-14/h3-7,13,15-16H,8-12H2,1-2H3. The summed E-state index contributed by atoms with van der Waals surface area (Å²) >= 11 is 0. The summed E-state index contributed by atoms with van der Waals surface area (Å²) in [5.74, 6) is 0.983. The van der Waals surface area contributed by atoms with Gasteiger partial charge in [-0.1, -0.05) is 30.3 Å². The molecule has 0 amide bonds. The van der Waals surface area contributed by atoms with Crippen LogP contribution < -0.4 is 0 Å². The topological polar surface area (TPSA) is 23.6 Å². The van der Waals surface area contributed by atoms with E-state index in [2.05, 4.69) is 35.2 Å². The first-order valence-electron chi connectivity index (χ1n) is 7.82. The minimum Gasteiger partial charge on any atom is -0.383 e. The maximum Gasteiger partial charge on any atom is 0.164 e. The third-order valence-electron chi connectivity index (χ3n) is 4.56. The number of fused-ring (bicyclic) bond motifs is 4. The Morgan fingerprint density at radius 3 is 2.52 bits per heavy atom. The molecule has 1 aromatic carbocycles. The Balaban J connectivity index is 1.79. The highest BCUT2D eigenvalue weighted by Crippen LogP contribution is 2.36. The van der Waals surface area contributed by atoms with E-state index >= 15 is 0 Å². The van der Waals surface area contributed by atoms with E-state index in [4.69, 9.17) is 0 Å². The Labute approximate surface area is 127 Å². The van der Waals surface area contributed by atoms with Gasteiger partial charge in [-0.3, -0.25) is 9.69 Å². The summed E-state index contributed by atoms with van der Waals surface area (Å²) in [7, 11) is 4.00. The molecule has 1 aliphatic carbocycles. The lowest BCUT2D eigenvalue weighted by Gasteiger charge is -2.25. The van der Waals surface area contributed by atoms with Crippen molar-refractivity contribution in [2.45, 2.75) is 19.4 Å². The van der Waals surface area contributed by atoms with Gasteiger partial charge < -0.3 is 4.90 Å². The number of rotatable bonds is 3. The molecule has 21 heavy (non-hydrogen) atoms. The quantitative estimate of drug-likeness (QED) is 0.797. The first-order valence-corrected chi connectivity index (χ1v) is 7.82. The Morgan fingerprint density at radius 1 is 1.14 bits per heavy atom. The molecule has 0 spiro atoms. The fourth-order valence-electron chi connectivity index (χ4n) is 3.61. The van der Waals surface area contributed by atoms with E-state index < -0.39 is 0 Å². The van der Waals surface area contributed by atoms with Gasteiger partial charge in [-0.2, -0.15) is 0 Å². The summed E-state index contributed by atoms with van der Waals surface area (Å²) in [6.45, 7) is 2.88. The van der Waals surface area contributed by atoms with E-state index in [1.807, 2.05) is 25.2 Å². The molecule has 3 nitrogen and oxygen atoms in total. The number of hydrogen-bond acceptors (Lipinski definition) is 3. The monoisotopic (exact) mass is 284 g/mol. The van der Waals surface area contributed by atoms with Crippen molar-refractivity contribution >= 4 is 5.78 Å². The van der Waals surface area contributed by atoms with Gasteiger partial charge in [-0.15, -0.1) is 0 Å². The van der Waals surface area contributed by atoms with E-state index in [9.17, 15) is 4.79 Å². The number of carbonyl (C=O) groups excluding carboxylic acids is 1. The van der Waals surface area contributed by atoms with Gasteiger partial charge >= 0.3 is 0 Å². The molecule has 1 saturated carbocycles. The summed E-state index contributed by atoms with van der Waals surface area (Å²) in [5.41, 5.74) is 2.39. The van der Waals surface area contributed by atoms with Crippen molar-refractivity contribution in [3.8, 4) is 0 Å². The van der Waals surface area contributed by atoms with Gasteiger partial charge in [0.25, 0.3) is 0 Å². The van der Waals surface area contributed by atoms with Crippen LogP contribution in [0.2, 0.25) is 0 Å². The van der Waals surface area contributed by atoms with Crippen LogP contribution in [0.5, 0.6) is 0 Å². The molecule has 3 heteroatoms. The second-order valence-corrected chi connectivity index (χ2v) is 6.56. The van der Waals surface area contributed by atoms with Crippen molar-refractivity contribution in [1.29, 1.82) is 0 Å². The normalized spacial score (nSPS) is 27.9. The summed E-state index contributed by atoms with van der Waals surface area (Å²) in [4.78, 5) is 17.1. The third kappa shape index (κ3) is 3.18. The summed E-state index contributed by atoms with van der Waals surface area (Å²) in [6, 6.07) is 10.6. The Morgan fingerprint density at radius 2 is 1.81 bits per heavy atom. The second kappa shape index (κ2) is 6.02. The van der Waals surface area contributed by atoms with E-state index in [-0.39, 0.29) is 5.92 Å². The van der Waals surface area contributed by atoms with Gasteiger partial charge in [-0.05, 0) is 18.4 Å². The average Bonchev–Trinajstić information content (AvgIpc) is 2.72. The molecule has 112 valence electrons. The van der Waals surface area contributed by atoms with Crippen molar-refractivity contribution < 1.29 is 4.79 Å². The molecule has 0 aromatic heterocycles. The van der Waals surface area contributed by atoms with Crippen LogP contribution in [0.4, 0.5) is 0 Å². The van der Waals surface area contributed by atoms with E-state index in [1.54, 1.807) is 0 Å². The fraction of sp³-hybridized carbons (Fsp3) is 0.500. The lowest BCUT2D eigenvalue weighted by molar-refractivity contribution is -0.120. The first-order chi connectivity index (χ1) is 10.1. The zero-order chi connectivity index (χ0) is 14.8. The molecule has 3 fully saturated rings. The minimum atomic E-state index is 0.193. The van der Waals surface area contributed by atoms with Crippen molar-refractivity contribution in [1.82, 2.24) is 9.80 Å². The lowest BCUT2D eigenvalue weighted by atomic mass is 9.79. The smallest absolute Gasteiger partial charge is 0.164 e. The average molecular weight is 284 g/mol. The van der Waals surface area contributed by atoms with Crippen LogP contribution in [-0.4, -0.2) is 42.8 Å². The van der Waals surface area contributed by atoms with Crippen molar-refractivity contribution in [3.63, 3.8) is 0 Å². The molecule has 2 heterocycles. The molecule has 2 saturated heterocycles. The Kier molecular flexibility index (Phi) is 4.11. The number of ketones is 1. The summed E-state index contributed by atoms with van der Waals surface area (Å²) in [5, 5.41) is 0. The number of Topliss-reactive ketones (excluding diaryl/α,β-unsaturated/α-hetero) is 1. The lowest BCUT2D eigenvalue weighted by Crippen LogP contribution is -2.29. The minimum absolute atomic E-state index is 0.193. The second-order valence-electron chi connectivity index (χ2n) is 6.56. The molecule has 3 aliphatic rings. The number of carbonyl (C=O) groups is 1. The van der Waals surface area contributed by atoms with Gasteiger partial charge in [-0.25, -0.2) is 0 Å². The molecule has 2 aliphatic heterocycles. The van der Waals surface area contributed by atoms with E-state index in [1.165, 1.54) is 5.56 Å². The molecule has 4 rings (SSSR count). The van der Waals surface area contributed by atoms with Crippen molar-refractivity contribution in [3.05, 3.63) is 47.7 Å². The highest BCUT2D eigenvalue weighted by atomic mass is 16.1. The fourth-order valence-corrected chi connectivity index (χ4v) is 3.61. The molecule has 0 radical (unpaired) electrons. The zero-order valence-electron chi connectivity index (χ0n) is 13.0. The molecule has 2 unspecified atom stereocenters. The van der Waals surface area contributed by atoms with Crippen molar-refractivity contribution in [2.75, 3.05) is 27.2 Å². The maximum atomic E-state index is 12.6. The number of benzene rings is 1. The molecular formula is C18H24N2O. The van der Waals surface area contributed by atoms with Crippen molar-refractivity contribution in [2.24, 2.45) is 11.8 Å². The third-order valence-corrected chi connectivity index (χ3v) is 4.56. The highest BCUT2D eigenvalue weighted by molar-refractivity contribution is 5.98. The van der Waals surface area contributed by atoms with Gasteiger partial charge in [0.15, 0.2) is 5.78 Å². The molecular weight excluding hydrogens is 260 g/mol. The van der Waals surface area contributed by atoms with Gasteiger partial charge in [0.2, 0.25) is 0 Å².